The van der Waals surface area contributed by atoms with Gasteiger partial charge in [0.2, 0.25) is 0 Å². The molecule has 0 aromatic heterocycles. The van der Waals surface area contributed by atoms with E-state index in [-0.39, 0.29) is 24.9 Å². The molecule has 0 atom stereocenters. The topological polar surface area (TPSA) is 50.4 Å². The van der Waals surface area contributed by atoms with Crippen molar-refractivity contribution in [3.05, 3.63) is 63.7 Å². The summed E-state index contributed by atoms with van der Waals surface area (Å²) in [6.07, 6.45) is 0. The number of carbonyl (C=O) groups excluding carboxylic acids is 1. The maximum absolute atomic E-state index is 11.9. The molecule has 1 aliphatic heterocycles. The van der Waals surface area contributed by atoms with E-state index in [1.165, 1.54) is 11.1 Å². The zero-order chi connectivity index (χ0) is 16.2. The first-order chi connectivity index (χ1) is 11.1. The second-order valence-electron chi connectivity index (χ2n) is 5.68. The van der Waals surface area contributed by atoms with Crippen LogP contribution in [0.3, 0.4) is 0 Å². The Morgan fingerprint density at radius 1 is 1.21 bits per heavy atom. The van der Waals surface area contributed by atoms with Crippen LogP contribution in [0.1, 0.15) is 22.3 Å². The smallest absolute Gasteiger partial charge is 0.258 e. The van der Waals surface area contributed by atoms with Crippen LogP contribution in [0, 0.1) is 6.92 Å². The summed E-state index contributed by atoms with van der Waals surface area (Å²) < 4.78 is 5.54. The molecule has 2 aromatic rings. The highest BCUT2D eigenvalue weighted by Crippen LogP contribution is 2.21. The fourth-order valence-electron chi connectivity index (χ4n) is 2.63. The Morgan fingerprint density at radius 3 is 2.79 bits per heavy atom. The van der Waals surface area contributed by atoms with Crippen molar-refractivity contribution in [2.45, 2.75) is 26.6 Å². The third-order valence-electron chi connectivity index (χ3n) is 3.89. The summed E-state index contributed by atoms with van der Waals surface area (Å²) in [6.45, 7) is 4.23. The van der Waals surface area contributed by atoms with Gasteiger partial charge in [0.25, 0.3) is 5.91 Å². The first-order valence-electron chi connectivity index (χ1n) is 7.59. The molecule has 0 saturated carbocycles. The summed E-state index contributed by atoms with van der Waals surface area (Å²) in [5.41, 5.74) is 4.66. The van der Waals surface area contributed by atoms with Crippen LogP contribution in [0.2, 0.25) is 5.02 Å². The van der Waals surface area contributed by atoms with Crippen LogP contribution >= 0.6 is 24.0 Å². The average molecular weight is 367 g/mol. The van der Waals surface area contributed by atoms with Crippen molar-refractivity contribution < 1.29 is 9.53 Å². The minimum Gasteiger partial charge on any atom is -0.484 e. The van der Waals surface area contributed by atoms with Gasteiger partial charge in [-0.05, 0) is 47.4 Å². The Balaban J connectivity index is 0.00000208. The van der Waals surface area contributed by atoms with Crippen LogP contribution in [-0.4, -0.2) is 12.5 Å². The third-order valence-corrected chi connectivity index (χ3v) is 4.12. The third kappa shape index (κ3) is 4.63. The first-order valence-corrected chi connectivity index (χ1v) is 7.96. The minimum absolute atomic E-state index is 0. The normalized spacial score (nSPS) is 12.2. The minimum atomic E-state index is -0.141. The first kappa shape index (κ1) is 18.6. The predicted molar refractivity (Wildman–Crippen MR) is 97.8 cm³/mol. The zero-order valence-electron chi connectivity index (χ0n) is 13.4. The molecule has 6 heteroatoms. The van der Waals surface area contributed by atoms with E-state index < -0.39 is 0 Å². The quantitative estimate of drug-likeness (QED) is 0.852. The van der Waals surface area contributed by atoms with E-state index in [0.717, 1.165) is 24.2 Å². The van der Waals surface area contributed by atoms with Gasteiger partial charge in [0.05, 0.1) is 0 Å². The molecule has 0 saturated heterocycles. The van der Waals surface area contributed by atoms with Gasteiger partial charge in [-0.15, -0.1) is 12.4 Å². The molecule has 0 unspecified atom stereocenters. The maximum atomic E-state index is 11.9. The number of carbonyl (C=O) groups is 1. The molecule has 0 fully saturated rings. The summed E-state index contributed by atoms with van der Waals surface area (Å²) in [4.78, 5) is 11.9. The number of hydrogen-bond acceptors (Lipinski definition) is 3. The standard InChI is InChI=1S/C18H19ClN2O2.ClH/c1-12-6-16(19)4-5-17(12)23-11-18(22)21-8-13-2-3-14-9-20-10-15(14)7-13;/h2-7,20H,8-11H2,1H3,(H,21,22);1H. The Kier molecular flexibility index (Phi) is 6.49. The van der Waals surface area contributed by atoms with Gasteiger partial charge in [0.15, 0.2) is 6.61 Å². The number of nitrogens with one attached hydrogen (secondary N) is 2. The number of fused-ring (bicyclic) bond motifs is 1. The Hall–Kier alpha value is -1.75. The van der Waals surface area contributed by atoms with Gasteiger partial charge in [-0.3, -0.25) is 4.79 Å². The monoisotopic (exact) mass is 366 g/mol. The number of amides is 1. The van der Waals surface area contributed by atoms with Gasteiger partial charge in [0.1, 0.15) is 5.75 Å². The zero-order valence-corrected chi connectivity index (χ0v) is 15.0. The van der Waals surface area contributed by atoms with Crippen molar-refractivity contribution in [3.8, 4) is 5.75 Å². The Morgan fingerprint density at radius 2 is 2.00 bits per heavy atom. The molecular formula is C18H20Cl2N2O2. The second-order valence-corrected chi connectivity index (χ2v) is 6.12. The lowest BCUT2D eigenvalue weighted by Gasteiger charge is -2.10. The maximum Gasteiger partial charge on any atom is 0.258 e. The van der Waals surface area contributed by atoms with Crippen molar-refractivity contribution in [2.24, 2.45) is 0 Å². The summed E-state index contributed by atoms with van der Waals surface area (Å²) in [7, 11) is 0. The van der Waals surface area contributed by atoms with E-state index in [1.807, 2.05) is 13.0 Å². The van der Waals surface area contributed by atoms with E-state index in [0.29, 0.717) is 17.3 Å². The van der Waals surface area contributed by atoms with Crippen molar-refractivity contribution in [1.82, 2.24) is 10.6 Å². The summed E-state index contributed by atoms with van der Waals surface area (Å²) in [5.74, 6) is 0.533. The molecule has 1 amide bonds. The number of ether oxygens (including phenoxy) is 1. The molecular weight excluding hydrogens is 347 g/mol. The molecule has 4 nitrogen and oxygen atoms in total. The molecule has 1 heterocycles. The van der Waals surface area contributed by atoms with Crippen LogP contribution < -0.4 is 15.4 Å². The lowest BCUT2D eigenvalue weighted by molar-refractivity contribution is -0.123. The molecule has 2 N–H and O–H groups in total. The van der Waals surface area contributed by atoms with Crippen LogP contribution in [0.5, 0.6) is 5.75 Å². The highest BCUT2D eigenvalue weighted by Gasteiger charge is 2.10. The number of hydrogen-bond donors (Lipinski definition) is 2. The summed E-state index contributed by atoms with van der Waals surface area (Å²) >= 11 is 5.90. The van der Waals surface area contributed by atoms with Crippen LogP contribution in [0.25, 0.3) is 0 Å². The fraction of sp³-hybridized carbons (Fsp3) is 0.278. The van der Waals surface area contributed by atoms with Crippen molar-refractivity contribution in [2.75, 3.05) is 6.61 Å². The van der Waals surface area contributed by atoms with Crippen LogP contribution in [-0.2, 0) is 24.4 Å². The molecule has 3 rings (SSSR count). The highest BCUT2D eigenvalue weighted by atomic mass is 35.5. The number of rotatable bonds is 5. The second kappa shape index (κ2) is 8.38. The molecule has 0 spiro atoms. The lowest BCUT2D eigenvalue weighted by atomic mass is 10.1. The van der Waals surface area contributed by atoms with E-state index >= 15 is 0 Å². The number of aryl methyl sites for hydroxylation is 1. The predicted octanol–water partition coefficient (Wildman–Crippen LogP) is 3.37. The van der Waals surface area contributed by atoms with E-state index in [9.17, 15) is 4.79 Å². The largest absolute Gasteiger partial charge is 0.484 e. The molecule has 128 valence electrons. The molecule has 24 heavy (non-hydrogen) atoms. The van der Waals surface area contributed by atoms with E-state index in [2.05, 4.69) is 28.8 Å². The SMILES string of the molecule is Cc1cc(Cl)ccc1OCC(=O)NCc1ccc2c(c1)CNC2.Cl. The van der Waals surface area contributed by atoms with Gasteiger partial charge in [-0.2, -0.15) is 0 Å². The van der Waals surface area contributed by atoms with Gasteiger partial charge in [-0.1, -0.05) is 29.8 Å². The number of halogens is 2. The molecule has 0 bridgehead atoms. The van der Waals surface area contributed by atoms with Crippen LogP contribution in [0.4, 0.5) is 0 Å². The fourth-order valence-corrected chi connectivity index (χ4v) is 2.85. The van der Waals surface area contributed by atoms with Gasteiger partial charge in [0, 0.05) is 24.7 Å². The van der Waals surface area contributed by atoms with E-state index in [4.69, 9.17) is 16.3 Å². The highest BCUT2D eigenvalue weighted by molar-refractivity contribution is 6.30. The van der Waals surface area contributed by atoms with Crippen molar-refractivity contribution >= 4 is 29.9 Å². The Labute approximate surface area is 153 Å². The summed E-state index contributed by atoms with van der Waals surface area (Å²) in [6, 6.07) is 11.6. The van der Waals surface area contributed by atoms with E-state index in [1.54, 1.807) is 12.1 Å². The van der Waals surface area contributed by atoms with Gasteiger partial charge in [-0.25, -0.2) is 0 Å². The van der Waals surface area contributed by atoms with Crippen molar-refractivity contribution in [3.63, 3.8) is 0 Å². The van der Waals surface area contributed by atoms with Gasteiger partial charge < -0.3 is 15.4 Å². The van der Waals surface area contributed by atoms with Crippen LogP contribution in [0.15, 0.2) is 36.4 Å². The molecule has 0 radical (unpaired) electrons. The number of benzene rings is 2. The molecule has 0 aliphatic carbocycles. The molecule has 2 aromatic carbocycles. The summed E-state index contributed by atoms with van der Waals surface area (Å²) in [5, 5.41) is 6.85. The lowest BCUT2D eigenvalue weighted by Crippen LogP contribution is -2.28. The average Bonchev–Trinajstić information content (AvgIpc) is 2.99. The Bertz CT molecular complexity index is 735. The van der Waals surface area contributed by atoms with Crippen molar-refractivity contribution in [1.29, 1.82) is 0 Å². The van der Waals surface area contributed by atoms with Gasteiger partial charge >= 0.3 is 0 Å². The molecule has 1 aliphatic rings.